The van der Waals surface area contributed by atoms with Gasteiger partial charge in [-0.25, -0.2) is 4.74 Å². The summed E-state index contributed by atoms with van der Waals surface area (Å²) in [6.07, 6.45) is 3.85. The molecule has 0 unspecified atom stereocenters. The molecule has 1 fully saturated rings. The Morgan fingerprint density at radius 2 is 1.53 bits per heavy atom. The fourth-order valence-electron chi connectivity index (χ4n) is 5.66. The van der Waals surface area contributed by atoms with Crippen LogP contribution in [0, 0.1) is 3.57 Å². The second-order valence-corrected chi connectivity index (χ2v) is 15.4. The maximum Gasteiger partial charge on any atom is 0.0720 e. The average Bonchev–Trinajstić information content (AvgIpc) is 3.16. The fourth-order valence-corrected chi connectivity index (χ4v) is 10.4. The Morgan fingerprint density at radius 3 is 2.21 bits per heavy atom. The van der Waals surface area contributed by atoms with Gasteiger partial charge in [0.2, 0.25) is 0 Å². The number of aryl methyl sites for hydroxylation is 1. The third-order valence-corrected chi connectivity index (χ3v) is 12.5. The number of halogens is 1. The predicted octanol–water partition coefficient (Wildman–Crippen LogP) is 8.78. The van der Waals surface area contributed by atoms with Gasteiger partial charge in [-0.2, -0.15) is 0 Å². The van der Waals surface area contributed by atoms with E-state index in [9.17, 15) is 0 Å². The van der Waals surface area contributed by atoms with Crippen LogP contribution in [0.3, 0.4) is 0 Å². The zero-order valence-corrected chi connectivity index (χ0v) is 23.8. The molecule has 3 nitrogen and oxygen atoms in total. The molecule has 3 aromatic carbocycles. The highest BCUT2D eigenvalue weighted by Crippen LogP contribution is 2.64. The molecule has 0 saturated carbocycles. The molecular formula is C29H35IN3P. The monoisotopic (exact) mass is 583 g/mol. The molecule has 1 aliphatic rings. The minimum atomic E-state index is -2.08. The number of hydrogen-bond donors (Lipinski definition) is 0. The van der Waals surface area contributed by atoms with Crippen LogP contribution in [-0.4, -0.2) is 27.5 Å². The Kier molecular flexibility index (Phi) is 6.69. The van der Waals surface area contributed by atoms with Crippen LogP contribution in [0.5, 0.6) is 0 Å². The van der Waals surface area contributed by atoms with E-state index in [0.29, 0.717) is 0 Å². The predicted molar refractivity (Wildman–Crippen MR) is 158 cm³/mol. The molecule has 0 bridgehead atoms. The maximum absolute atomic E-state index is 5.74. The summed E-state index contributed by atoms with van der Waals surface area (Å²) in [5, 5.41) is 4.14. The van der Waals surface area contributed by atoms with E-state index in [0.717, 1.165) is 25.3 Å². The van der Waals surface area contributed by atoms with Crippen LogP contribution in [0.4, 0.5) is 5.69 Å². The van der Waals surface area contributed by atoms with Crippen molar-refractivity contribution in [3.63, 3.8) is 0 Å². The Hall–Kier alpha value is -1.62. The van der Waals surface area contributed by atoms with Gasteiger partial charge in [-0.15, -0.1) is 0 Å². The van der Waals surface area contributed by atoms with Crippen molar-refractivity contribution in [2.75, 3.05) is 13.1 Å². The molecule has 2 heterocycles. The van der Waals surface area contributed by atoms with Crippen molar-refractivity contribution >= 4 is 62.6 Å². The standard InChI is InChI=1S/C29H35IN3P/c1-5-33-27-12-8-7-11-25(27)26-21-24(17-18-28(26)33)34(29(2,3)4,32-19-9-6-10-20-32)31-23-15-13-22(30)14-16-23/h7-8,11-18,21H,5-6,9-10,19-20H2,1-4H3/t34-/m1/s1. The first kappa shape index (κ1) is 24.1. The second kappa shape index (κ2) is 9.44. The molecule has 1 aromatic heterocycles. The SMILES string of the molecule is CCn1c2ccccc2c2cc([P@@](=Nc3ccc(I)cc3)(N3CCCCC3)C(C)(C)C)ccc21. The highest BCUT2D eigenvalue weighted by molar-refractivity contribution is 14.1. The number of fused-ring (bicyclic) bond motifs is 3. The van der Waals surface area contributed by atoms with Crippen molar-refractivity contribution in [2.45, 2.75) is 58.7 Å². The van der Waals surface area contributed by atoms with Gasteiger partial charge in [0, 0.05) is 55.5 Å². The molecule has 4 aromatic rings. The maximum atomic E-state index is 5.74. The van der Waals surface area contributed by atoms with Crippen molar-refractivity contribution < 1.29 is 0 Å². The average molecular weight is 583 g/mol. The molecule has 178 valence electrons. The molecule has 1 aliphatic heterocycles. The first-order valence-electron chi connectivity index (χ1n) is 12.5. The van der Waals surface area contributed by atoms with Crippen molar-refractivity contribution in [3.8, 4) is 0 Å². The number of hydrogen-bond acceptors (Lipinski definition) is 1. The number of nitrogens with zero attached hydrogens (tertiary/aromatic N) is 3. The van der Waals surface area contributed by atoms with Crippen LogP contribution in [-0.2, 0) is 6.54 Å². The largest absolute Gasteiger partial charge is 0.341 e. The number of para-hydroxylation sites is 1. The second-order valence-electron chi connectivity index (χ2n) is 10.3. The third-order valence-electron chi connectivity index (χ3n) is 7.20. The lowest BCUT2D eigenvalue weighted by Crippen LogP contribution is -2.39. The van der Waals surface area contributed by atoms with Crippen LogP contribution < -0.4 is 5.30 Å². The lowest BCUT2D eigenvalue weighted by atomic mass is 10.1. The summed E-state index contributed by atoms with van der Waals surface area (Å²) < 4.78 is 12.2. The van der Waals surface area contributed by atoms with Gasteiger partial charge in [-0.3, -0.25) is 4.67 Å². The Bertz CT molecular complexity index is 1370. The van der Waals surface area contributed by atoms with E-state index < -0.39 is 7.21 Å². The summed E-state index contributed by atoms with van der Waals surface area (Å²) in [5.41, 5.74) is 3.75. The topological polar surface area (TPSA) is 20.5 Å². The van der Waals surface area contributed by atoms with Crippen LogP contribution in [0.1, 0.15) is 47.0 Å². The molecule has 0 amide bonds. The highest BCUT2D eigenvalue weighted by Gasteiger charge is 2.41. The van der Waals surface area contributed by atoms with Crippen molar-refractivity contribution in [1.29, 1.82) is 0 Å². The molecule has 0 aliphatic carbocycles. The molecule has 1 atom stereocenters. The Labute approximate surface area is 217 Å². The van der Waals surface area contributed by atoms with Gasteiger partial charge in [0.05, 0.1) is 12.9 Å². The summed E-state index contributed by atoms with van der Waals surface area (Å²) in [5.74, 6) is 0. The Balaban J connectivity index is 1.84. The van der Waals surface area contributed by atoms with Gasteiger partial charge in [-0.05, 0) is 90.9 Å². The summed E-state index contributed by atoms with van der Waals surface area (Å²) in [4.78, 5) is 0. The smallest absolute Gasteiger partial charge is 0.0720 e. The fraction of sp³-hybridized carbons (Fsp3) is 0.379. The molecule has 0 spiro atoms. The van der Waals surface area contributed by atoms with Crippen molar-refractivity contribution in [3.05, 3.63) is 70.3 Å². The molecule has 5 rings (SSSR count). The van der Waals surface area contributed by atoms with Crippen LogP contribution in [0.15, 0.2) is 71.5 Å². The quantitative estimate of drug-likeness (QED) is 0.174. The van der Waals surface area contributed by atoms with Gasteiger partial charge in [0.25, 0.3) is 0 Å². The first-order chi connectivity index (χ1) is 16.3. The zero-order valence-electron chi connectivity index (χ0n) is 20.8. The summed E-state index contributed by atoms with van der Waals surface area (Å²) >= 11 is 2.38. The van der Waals surface area contributed by atoms with E-state index >= 15 is 0 Å². The molecule has 1 saturated heterocycles. The minimum absolute atomic E-state index is 0.0180. The van der Waals surface area contributed by atoms with Crippen LogP contribution >= 0.6 is 29.8 Å². The number of benzene rings is 3. The number of piperidine rings is 1. The number of aromatic nitrogens is 1. The van der Waals surface area contributed by atoms with Gasteiger partial charge in [0.15, 0.2) is 0 Å². The summed E-state index contributed by atoms with van der Waals surface area (Å²) in [6, 6.07) is 24.9. The molecule has 0 radical (unpaired) electrons. The van der Waals surface area contributed by atoms with E-state index in [-0.39, 0.29) is 5.16 Å². The van der Waals surface area contributed by atoms with E-state index in [1.807, 2.05) is 0 Å². The normalized spacial score (nSPS) is 17.2. The number of rotatable bonds is 4. The molecule has 34 heavy (non-hydrogen) atoms. The van der Waals surface area contributed by atoms with E-state index in [1.165, 1.54) is 49.9 Å². The zero-order chi connectivity index (χ0) is 23.9. The lowest BCUT2D eigenvalue weighted by Gasteiger charge is -2.47. The third kappa shape index (κ3) is 4.06. The van der Waals surface area contributed by atoms with Gasteiger partial charge in [-0.1, -0.05) is 45.4 Å². The molecular weight excluding hydrogens is 548 g/mol. The minimum Gasteiger partial charge on any atom is -0.341 e. The molecule has 0 N–H and O–H groups in total. The molecule has 5 heteroatoms. The summed E-state index contributed by atoms with van der Waals surface area (Å²) in [6.45, 7) is 12.7. The van der Waals surface area contributed by atoms with E-state index in [1.54, 1.807) is 0 Å². The van der Waals surface area contributed by atoms with Crippen LogP contribution in [0.25, 0.3) is 21.8 Å². The lowest BCUT2D eigenvalue weighted by molar-refractivity contribution is 0.361. The van der Waals surface area contributed by atoms with Gasteiger partial charge in [0.1, 0.15) is 0 Å². The highest BCUT2D eigenvalue weighted by atomic mass is 127. The first-order valence-corrected chi connectivity index (χ1v) is 15.3. The van der Waals surface area contributed by atoms with E-state index in [2.05, 4.69) is 126 Å². The van der Waals surface area contributed by atoms with Crippen molar-refractivity contribution in [1.82, 2.24) is 9.24 Å². The van der Waals surface area contributed by atoms with Crippen molar-refractivity contribution in [2.24, 2.45) is 4.74 Å². The van der Waals surface area contributed by atoms with Crippen LogP contribution in [0.2, 0.25) is 0 Å². The van der Waals surface area contributed by atoms with Gasteiger partial charge < -0.3 is 4.57 Å². The van der Waals surface area contributed by atoms with Gasteiger partial charge >= 0.3 is 0 Å². The summed E-state index contributed by atoms with van der Waals surface area (Å²) in [7, 11) is -2.08. The Morgan fingerprint density at radius 1 is 0.853 bits per heavy atom. The van der Waals surface area contributed by atoms with E-state index in [4.69, 9.17) is 4.74 Å².